The lowest BCUT2D eigenvalue weighted by Gasteiger charge is -2.23. The van der Waals surface area contributed by atoms with E-state index in [9.17, 15) is 9.59 Å². The van der Waals surface area contributed by atoms with Gasteiger partial charge in [-0.3, -0.25) is 9.59 Å². The molecule has 17 heavy (non-hydrogen) atoms. The molecule has 1 aliphatic rings. The van der Waals surface area contributed by atoms with Gasteiger partial charge in [-0.05, 0) is 18.5 Å². The summed E-state index contributed by atoms with van der Waals surface area (Å²) in [6.45, 7) is 2.81. The number of rotatable bonds is 4. The number of ketones is 2. The van der Waals surface area contributed by atoms with Crippen LogP contribution in [0.4, 0.5) is 0 Å². The zero-order valence-corrected chi connectivity index (χ0v) is 10.0. The van der Waals surface area contributed by atoms with Crippen LogP contribution in [0.15, 0.2) is 24.3 Å². The van der Waals surface area contributed by atoms with Gasteiger partial charge in [-0.2, -0.15) is 0 Å². The molecule has 0 radical (unpaired) electrons. The first kappa shape index (κ1) is 12.0. The van der Waals surface area contributed by atoms with Crippen molar-refractivity contribution in [2.75, 3.05) is 6.54 Å². The fourth-order valence-electron chi connectivity index (χ4n) is 2.14. The van der Waals surface area contributed by atoms with Crippen molar-refractivity contribution in [3.8, 4) is 0 Å². The zero-order valence-electron chi connectivity index (χ0n) is 10.0. The summed E-state index contributed by atoms with van der Waals surface area (Å²) in [5, 5.41) is 3.06. The summed E-state index contributed by atoms with van der Waals surface area (Å²) in [5.74, 6) is -0.0854. The van der Waals surface area contributed by atoms with Crippen molar-refractivity contribution in [1.29, 1.82) is 0 Å². The molecule has 2 rings (SSSR count). The van der Waals surface area contributed by atoms with Gasteiger partial charge in [-0.1, -0.05) is 37.6 Å². The van der Waals surface area contributed by atoms with Gasteiger partial charge in [0.25, 0.3) is 0 Å². The maximum Gasteiger partial charge on any atom is 0.187 e. The summed E-state index contributed by atoms with van der Waals surface area (Å²) in [6, 6.07) is 6.74. The summed E-state index contributed by atoms with van der Waals surface area (Å²) in [6.07, 6.45) is 2.41. The molecule has 0 fully saturated rings. The number of hydrogen-bond acceptors (Lipinski definition) is 3. The van der Waals surface area contributed by atoms with Crippen molar-refractivity contribution < 1.29 is 9.59 Å². The van der Waals surface area contributed by atoms with Crippen molar-refractivity contribution in [3.05, 3.63) is 35.4 Å². The number of benzene rings is 1. The van der Waals surface area contributed by atoms with E-state index in [4.69, 9.17) is 0 Å². The average molecular weight is 231 g/mol. The first-order chi connectivity index (χ1) is 8.24. The molecule has 1 aromatic rings. The molecular formula is C14H17NO2. The third-order valence-corrected chi connectivity index (χ3v) is 3.11. The Balaban J connectivity index is 2.16. The minimum absolute atomic E-state index is 0.00944. The lowest BCUT2D eigenvalue weighted by atomic mass is 9.86. The highest BCUT2D eigenvalue weighted by Crippen LogP contribution is 2.19. The fraction of sp³-hybridized carbons (Fsp3) is 0.429. The number of nitrogens with one attached hydrogen (secondary N) is 1. The molecule has 0 aliphatic heterocycles. The molecule has 1 N–H and O–H groups in total. The lowest BCUT2D eigenvalue weighted by molar-refractivity contribution is -0.119. The first-order valence-electron chi connectivity index (χ1n) is 6.12. The summed E-state index contributed by atoms with van der Waals surface area (Å²) in [5.41, 5.74) is 1.55. The van der Waals surface area contributed by atoms with Gasteiger partial charge in [0.05, 0.1) is 0 Å². The van der Waals surface area contributed by atoms with Gasteiger partial charge in [0, 0.05) is 12.0 Å². The normalized spacial score (nSPS) is 19.2. The Morgan fingerprint density at radius 2 is 2.06 bits per heavy atom. The number of hydrogen-bond donors (Lipinski definition) is 1. The SMILES string of the molecule is CCCCNC1C(=O)Cc2ccccc2C1=O. The predicted octanol–water partition coefficient (Wildman–Crippen LogP) is 1.75. The molecule has 0 amide bonds. The van der Waals surface area contributed by atoms with Gasteiger partial charge in [-0.15, -0.1) is 0 Å². The van der Waals surface area contributed by atoms with Gasteiger partial charge < -0.3 is 5.32 Å². The van der Waals surface area contributed by atoms with Crippen LogP contribution in [-0.4, -0.2) is 24.2 Å². The average Bonchev–Trinajstić information content (AvgIpc) is 2.33. The Bertz CT molecular complexity index is 440. The molecule has 3 heteroatoms. The van der Waals surface area contributed by atoms with Crippen LogP contribution in [0.3, 0.4) is 0 Å². The van der Waals surface area contributed by atoms with E-state index in [0.717, 1.165) is 24.9 Å². The Morgan fingerprint density at radius 3 is 2.82 bits per heavy atom. The minimum Gasteiger partial charge on any atom is -0.301 e. The van der Waals surface area contributed by atoms with E-state index in [2.05, 4.69) is 12.2 Å². The molecule has 1 aliphatic carbocycles. The molecule has 1 atom stereocenters. The Kier molecular flexibility index (Phi) is 3.69. The van der Waals surface area contributed by atoms with E-state index in [1.807, 2.05) is 18.2 Å². The highest BCUT2D eigenvalue weighted by Gasteiger charge is 2.33. The largest absolute Gasteiger partial charge is 0.301 e. The molecule has 3 nitrogen and oxygen atoms in total. The van der Waals surface area contributed by atoms with E-state index >= 15 is 0 Å². The minimum atomic E-state index is -0.628. The molecule has 0 bridgehead atoms. The van der Waals surface area contributed by atoms with Crippen molar-refractivity contribution in [1.82, 2.24) is 5.32 Å². The molecule has 90 valence electrons. The lowest BCUT2D eigenvalue weighted by Crippen LogP contribution is -2.47. The predicted molar refractivity (Wildman–Crippen MR) is 66.2 cm³/mol. The third kappa shape index (κ3) is 2.44. The van der Waals surface area contributed by atoms with Crippen molar-refractivity contribution >= 4 is 11.6 Å². The third-order valence-electron chi connectivity index (χ3n) is 3.11. The van der Waals surface area contributed by atoms with Crippen molar-refractivity contribution in [2.45, 2.75) is 32.2 Å². The number of fused-ring (bicyclic) bond motifs is 1. The number of unbranched alkanes of at least 4 members (excludes halogenated alkanes) is 1. The second-order valence-electron chi connectivity index (χ2n) is 4.41. The number of Topliss-reactive ketones (excluding diaryl/α,β-unsaturated/α-hetero) is 2. The van der Waals surface area contributed by atoms with E-state index in [0.29, 0.717) is 12.0 Å². The summed E-state index contributed by atoms with van der Waals surface area (Å²) in [4.78, 5) is 24.0. The maximum atomic E-state index is 12.1. The molecule has 0 saturated carbocycles. The Hall–Kier alpha value is -1.48. The van der Waals surface area contributed by atoms with Crippen LogP contribution in [0.2, 0.25) is 0 Å². The molecule has 0 spiro atoms. The van der Waals surface area contributed by atoms with E-state index < -0.39 is 6.04 Å². The zero-order chi connectivity index (χ0) is 12.3. The van der Waals surface area contributed by atoms with Crippen molar-refractivity contribution in [3.63, 3.8) is 0 Å². The van der Waals surface area contributed by atoms with Crippen LogP contribution in [-0.2, 0) is 11.2 Å². The standard InChI is InChI=1S/C14H17NO2/c1-2-3-8-15-13-12(16)9-10-6-4-5-7-11(10)14(13)17/h4-7,13,15H,2-3,8-9H2,1H3. The van der Waals surface area contributed by atoms with Crippen LogP contribution in [0.5, 0.6) is 0 Å². The second kappa shape index (κ2) is 5.23. The summed E-state index contributed by atoms with van der Waals surface area (Å²) < 4.78 is 0. The number of carbonyl (C=O) groups excluding carboxylic acids is 2. The highest BCUT2D eigenvalue weighted by molar-refractivity contribution is 6.18. The molecule has 1 aromatic carbocycles. The second-order valence-corrected chi connectivity index (χ2v) is 4.41. The first-order valence-corrected chi connectivity index (χ1v) is 6.12. The molecular weight excluding hydrogens is 214 g/mol. The Morgan fingerprint density at radius 1 is 1.29 bits per heavy atom. The van der Waals surface area contributed by atoms with Crippen LogP contribution in [0, 0.1) is 0 Å². The van der Waals surface area contributed by atoms with Gasteiger partial charge in [0.15, 0.2) is 11.6 Å². The smallest absolute Gasteiger partial charge is 0.187 e. The highest BCUT2D eigenvalue weighted by atomic mass is 16.2. The van der Waals surface area contributed by atoms with E-state index in [1.54, 1.807) is 6.07 Å². The maximum absolute atomic E-state index is 12.1. The van der Waals surface area contributed by atoms with Gasteiger partial charge in [0.1, 0.15) is 6.04 Å². The van der Waals surface area contributed by atoms with Gasteiger partial charge >= 0.3 is 0 Å². The van der Waals surface area contributed by atoms with Crippen LogP contribution >= 0.6 is 0 Å². The monoisotopic (exact) mass is 231 g/mol. The molecule has 0 aromatic heterocycles. The summed E-state index contributed by atoms with van der Waals surface area (Å²) in [7, 11) is 0. The fourth-order valence-corrected chi connectivity index (χ4v) is 2.14. The Labute approximate surface area is 101 Å². The summed E-state index contributed by atoms with van der Waals surface area (Å²) >= 11 is 0. The van der Waals surface area contributed by atoms with Gasteiger partial charge in [0.2, 0.25) is 0 Å². The topological polar surface area (TPSA) is 46.2 Å². The van der Waals surface area contributed by atoms with Gasteiger partial charge in [-0.25, -0.2) is 0 Å². The van der Waals surface area contributed by atoms with Crippen LogP contribution in [0.1, 0.15) is 35.7 Å². The van der Waals surface area contributed by atoms with Crippen LogP contribution < -0.4 is 5.32 Å². The quantitative estimate of drug-likeness (QED) is 0.634. The molecule has 0 heterocycles. The molecule has 1 unspecified atom stereocenters. The number of carbonyl (C=O) groups is 2. The van der Waals surface area contributed by atoms with E-state index in [-0.39, 0.29) is 11.6 Å². The van der Waals surface area contributed by atoms with E-state index in [1.165, 1.54) is 0 Å². The molecule has 0 saturated heterocycles. The van der Waals surface area contributed by atoms with Crippen LogP contribution in [0.25, 0.3) is 0 Å². The van der Waals surface area contributed by atoms with Crippen molar-refractivity contribution in [2.24, 2.45) is 0 Å².